The van der Waals surface area contributed by atoms with Crippen molar-refractivity contribution in [2.75, 3.05) is 38.7 Å². The maximum atomic E-state index is 12.6. The lowest BCUT2D eigenvalue weighted by Gasteiger charge is -2.37. The number of carbonyl (C=O) groups is 1. The van der Waals surface area contributed by atoms with Gasteiger partial charge in [0, 0.05) is 50.1 Å². The number of amides is 1. The average molecular weight is 534 g/mol. The van der Waals surface area contributed by atoms with Gasteiger partial charge in [-0.25, -0.2) is 0 Å². The van der Waals surface area contributed by atoms with Crippen molar-refractivity contribution in [1.82, 2.24) is 14.7 Å². The number of aromatic nitrogens is 2. The minimum absolute atomic E-state index is 0.105. The van der Waals surface area contributed by atoms with Gasteiger partial charge in [0.05, 0.1) is 28.9 Å². The minimum atomic E-state index is -0.105. The van der Waals surface area contributed by atoms with Gasteiger partial charge >= 0.3 is 0 Å². The molecule has 0 atom stereocenters. The van der Waals surface area contributed by atoms with Gasteiger partial charge in [-0.05, 0) is 51.8 Å². The zero-order chi connectivity index (χ0) is 23.4. The number of rotatable bonds is 9. The average Bonchev–Trinajstić information content (AvgIpc) is 3.10. The van der Waals surface area contributed by atoms with Crippen molar-refractivity contribution in [3.05, 3.63) is 63.7 Å². The molecule has 0 spiro atoms. The van der Waals surface area contributed by atoms with Crippen molar-refractivity contribution in [3.8, 4) is 17.0 Å². The molecule has 1 aliphatic heterocycles. The first-order chi connectivity index (χ1) is 15.9. The van der Waals surface area contributed by atoms with E-state index in [0.717, 1.165) is 46.7 Å². The highest BCUT2D eigenvalue weighted by Gasteiger charge is 2.26. The van der Waals surface area contributed by atoms with Crippen LogP contribution in [0.5, 0.6) is 5.75 Å². The van der Waals surface area contributed by atoms with Crippen molar-refractivity contribution < 1.29 is 14.3 Å². The van der Waals surface area contributed by atoms with Crippen LogP contribution in [0, 0.1) is 0 Å². The Hall–Kier alpha value is -2.39. The summed E-state index contributed by atoms with van der Waals surface area (Å²) in [5.74, 6) is 0.630. The fraction of sp³-hybridized carbons (Fsp3) is 0.333. The number of nitrogens with one attached hydrogen (secondary N) is 1. The van der Waals surface area contributed by atoms with E-state index in [1.807, 2.05) is 37.4 Å². The molecule has 1 aromatic heterocycles. The molecule has 1 fully saturated rings. The molecule has 1 aliphatic rings. The molecule has 3 aromatic rings. The van der Waals surface area contributed by atoms with E-state index in [1.165, 1.54) is 0 Å². The lowest BCUT2D eigenvalue weighted by Crippen LogP contribution is -2.52. The van der Waals surface area contributed by atoms with Gasteiger partial charge in [0.1, 0.15) is 12.4 Å². The van der Waals surface area contributed by atoms with E-state index in [9.17, 15) is 4.79 Å². The third-order valence-corrected chi connectivity index (χ3v) is 6.44. The number of hydrogen-bond donors (Lipinski definition) is 1. The van der Waals surface area contributed by atoms with Crippen LogP contribution in [0.4, 0.5) is 5.69 Å². The maximum absolute atomic E-state index is 12.6. The first-order valence-electron chi connectivity index (χ1n) is 10.7. The van der Waals surface area contributed by atoms with Crippen LogP contribution in [0.15, 0.2) is 53.1 Å². The summed E-state index contributed by atoms with van der Waals surface area (Å²) in [6, 6.07) is 12.9. The Balaban J connectivity index is 1.47. The smallest absolute Gasteiger partial charge is 0.228 e. The Morgan fingerprint density at radius 3 is 2.67 bits per heavy atom. The largest absolute Gasteiger partial charge is 0.492 e. The number of halogens is 2. The molecule has 0 aliphatic carbocycles. The Morgan fingerprint density at radius 2 is 2.00 bits per heavy atom. The monoisotopic (exact) mass is 532 g/mol. The quantitative estimate of drug-likeness (QED) is 0.442. The van der Waals surface area contributed by atoms with Gasteiger partial charge in [-0.1, -0.05) is 23.7 Å². The molecular formula is C24H26BrClN4O3. The summed E-state index contributed by atoms with van der Waals surface area (Å²) in [6.45, 7) is 3.24. The summed E-state index contributed by atoms with van der Waals surface area (Å²) in [4.78, 5) is 14.9. The normalized spacial score (nSPS) is 14.2. The summed E-state index contributed by atoms with van der Waals surface area (Å²) in [6.07, 6.45) is 2.33. The second-order valence-corrected chi connectivity index (χ2v) is 9.28. The van der Waals surface area contributed by atoms with E-state index in [0.29, 0.717) is 23.4 Å². The zero-order valence-electron chi connectivity index (χ0n) is 18.6. The predicted molar refractivity (Wildman–Crippen MR) is 133 cm³/mol. The number of carbonyl (C=O) groups excluding carboxylic acids is 1. The fourth-order valence-electron chi connectivity index (χ4n) is 3.76. The summed E-state index contributed by atoms with van der Waals surface area (Å²) in [5, 5.41) is 7.96. The third-order valence-electron chi connectivity index (χ3n) is 5.61. The van der Waals surface area contributed by atoms with Crippen molar-refractivity contribution in [2.24, 2.45) is 7.05 Å². The molecule has 0 saturated carbocycles. The van der Waals surface area contributed by atoms with Crippen LogP contribution in [-0.2, 0) is 23.0 Å². The van der Waals surface area contributed by atoms with Gasteiger partial charge in [0.2, 0.25) is 5.91 Å². The standard InChI is InChI=1S/C24H26BrClN4O3/c1-29-24(21(25)13-27-29)20-12-18(28-23(31)11-16-3-5-17(26)6-4-16)7-8-22(20)33-10-9-30-14-19(15-30)32-2/h3-8,12-13,19H,9-11,14-15H2,1-2H3,(H,28,31). The highest BCUT2D eigenvalue weighted by molar-refractivity contribution is 9.10. The van der Waals surface area contributed by atoms with Gasteiger partial charge in [0.25, 0.3) is 0 Å². The third kappa shape index (κ3) is 5.95. The van der Waals surface area contributed by atoms with Crippen LogP contribution in [-0.4, -0.2) is 60.0 Å². The van der Waals surface area contributed by atoms with Crippen LogP contribution in [0.2, 0.25) is 5.02 Å². The molecule has 2 aromatic carbocycles. The molecule has 4 rings (SSSR count). The molecule has 0 radical (unpaired) electrons. The number of likely N-dealkylation sites (tertiary alicyclic amines) is 1. The second kappa shape index (κ2) is 10.7. The van der Waals surface area contributed by atoms with E-state index in [4.69, 9.17) is 21.1 Å². The SMILES string of the molecule is COC1CN(CCOc2ccc(NC(=O)Cc3ccc(Cl)cc3)cc2-c2c(Br)cnn2C)C1. The number of aryl methyl sites for hydroxylation is 1. The number of anilines is 1. The van der Waals surface area contributed by atoms with Gasteiger partial charge in [-0.3, -0.25) is 14.4 Å². The zero-order valence-corrected chi connectivity index (χ0v) is 20.9. The molecule has 9 heteroatoms. The van der Waals surface area contributed by atoms with Gasteiger partial charge in [-0.2, -0.15) is 5.10 Å². The van der Waals surface area contributed by atoms with Crippen molar-refractivity contribution in [3.63, 3.8) is 0 Å². The Bertz CT molecular complexity index is 1090. The van der Waals surface area contributed by atoms with Crippen LogP contribution in [0.3, 0.4) is 0 Å². The molecule has 2 heterocycles. The molecule has 174 valence electrons. The molecule has 1 amide bonds. The number of benzene rings is 2. The number of hydrogen-bond acceptors (Lipinski definition) is 5. The lowest BCUT2D eigenvalue weighted by atomic mass is 10.1. The molecule has 33 heavy (non-hydrogen) atoms. The fourth-order valence-corrected chi connectivity index (χ4v) is 4.45. The highest BCUT2D eigenvalue weighted by Crippen LogP contribution is 2.36. The Labute approximate surface area is 206 Å². The topological polar surface area (TPSA) is 68.6 Å². The molecular weight excluding hydrogens is 508 g/mol. The second-order valence-electron chi connectivity index (χ2n) is 7.99. The summed E-state index contributed by atoms with van der Waals surface area (Å²) in [5.41, 5.74) is 3.31. The molecule has 0 bridgehead atoms. The van der Waals surface area contributed by atoms with Gasteiger partial charge < -0.3 is 14.8 Å². The Morgan fingerprint density at radius 1 is 1.24 bits per heavy atom. The van der Waals surface area contributed by atoms with Crippen LogP contribution >= 0.6 is 27.5 Å². The number of ether oxygens (including phenoxy) is 2. The van der Waals surface area contributed by atoms with Crippen LogP contribution < -0.4 is 10.1 Å². The first kappa shape index (κ1) is 23.8. The summed E-state index contributed by atoms with van der Waals surface area (Å²) < 4.78 is 14.1. The molecule has 1 N–H and O–H groups in total. The van der Waals surface area contributed by atoms with Crippen molar-refractivity contribution in [1.29, 1.82) is 0 Å². The van der Waals surface area contributed by atoms with E-state index in [2.05, 4.69) is 31.2 Å². The van der Waals surface area contributed by atoms with E-state index >= 15 is 0 Å². The lowest BCUT2D eigenvalue weighted by molar-refractivity contribution is -0.115. The molecule has 0 unspecified atom stereocenters. The first-order valence-corrected chi connectivity index (χ1v) is 11.8. The van der Waals surface area contributed by atoms with Crippen LogP contribution in [0.25, 0.3) is 11.3 Å². The van der Waals surface area contributed by atoms with Crippen LogP contribution in [0.1, 0.15) is 5.56 Å². The molecule has 1 saturated heterocycles. The number of nitrogens with zero attached hydrogens (tertiary/aromatic N) is 3. The molecule has 7 nitrogen and oxygen atoms in total. The van der Waals surface area contributed by atoms with Crippen molar-refractivity contribution in [2.45, 2.75) is 12.5 Å². The van der Waals surface area contributed by atoms with Crippen molar-refractivity contribution >= 4 is 39.1 Å². The van der Waals surface area contributed by atoms with E-state index in [-0.39, 0.29) is 12.3 Å². The predicted octanol–water partition coefficient (Wildman–Crippen LogP) is 4.39. The van der Waals surface area contributed by atoms with Gasteiger partial charge in [-0.15, -0.1) is 0 Å². The maximum Gasteiger partial charge on any atom is 0.228 e. The summed E-state index contributed by atoms with van der Waals surface area (Å²) >= 11 is 9.51. The Kier molecular flexibility index (Phi) is 7.70. The highest BCUT2D eigenvalue weighted by atomic mass is 79.9. The van der Waals surface area contributed by atoms with Gasteiger partial charge in [0.15, 0.2) is 0 Å². The number of methoxy groups -OCH3 is 1. The van der Waals surface area contributed by atoms with E-state index in [1.54, 1.807) is 30.1 Å². The summed E-state index contributed by atoms with van der Waals surface area (Å²) in [7, 11) is 3.62. The minimum Gasteiger partial charge on any atom is -0.492 e. The van der Waals surface area contributed by atoms with E-state index < -0.39 is 0 Å².